The van der Waals surface area contributed by atoms with Crippen LogP contribution in [-0.2, 0) is 9.59 Å². The van der Waals surface area contributed by atoms with E-state index in [0.29, 0.717) is 6.42 Å². The van der Waals surface area contributed by atoms with E-state index in [1.54, 1.807) is 0 Å². The third-order valence-corrected chi connectivity index (χ3v) is 2.59. The number of carboxylic acid groups (broad SMARTS) is 1. The quantitative estimate of drug-likeness (QED) is 0.603. The Morgan fingerprint density at radius 2 is 1.82 bits per heavy atom. The first-order valence-electron chi connectivity index (χ1n) is 6.31. The molecule has 0 heterocycles. The average Bonchev–Trinajstić information content (AvgIpc) is 2.30. The van der Waals surface area contributed by atoms with Crippen LogP contribution in [0.5, 0.6) is 0 Å². The summed E-state index contributed by atoms with van der Waals surface area (Å²) < 4.78 is 0. The van der Waals surface area contributed by atoms with E-state index in [4.69, 9.17) is 5.11 Å². The van der Waals surface area contributed by atoms with Crippen LogP contribution < -0.4 is 5.32 Å². The lowest BCUT2D eigenvalue weighted by molar-refractivity contribution is -0.137. The molecule has 100 valence electrons. The minimum Gasteiger partial charge on any atom is -0.480 e. The molecule has 5 heteroatoms. The van der Waals surface area contributed by atoms with Crippen LogP contribution in [0.3, 0.4) is 0 Å². The van der Waals surface area contributed by atoms with Crippen LogP contribution >= 0.6 is 0 Å². The van der Waals surface area contributed by atoms with Gasteiger partial charge in [-0.05, 0) is 32.5 Å². The molecule has 0 fully saturated rings. The molecule has 0 spiro atoms. The molecule has 0 atom stereocenters. The van der Waals surface area contributed by atoms with Gasteiger partial charge >= 0.3 is 5.97 Å². The second-order valence-electron chi connectivity index (χ2n) is 4.06. The molecule has 0 bridgehead atoms. The molecular formula is C12H24N2O3. The largest absolute Gasteiger partial charge is 0.480 e. The second kappa shape index (κ2) is 10.1. The van der Waals surface area contributed by atoms with E-state index in [1.165, 1.54) is 12.8 Å². The number of nitrogens with zero attached hydrogens (tertiary/aromatic N) is 1. The number of hydrogen-bond donors (Lipinski definition) is 2. The fourth-order valence-electron chi connectivity index (χ4n) is 1.54. The van der Waals surface area contributed by atoms with Gasteiger partial charge in [0.2, 0.25) is 5.91 Å². The maximum absolute atomic E-state index is 11.2. The molecule has 1 amide bonds. The lowest BCUT2D eigenvalue weighted by atomic mass is 10.2. The van der Waals surface area contributed by atoms with Crippen molar-refractivity contribution in [3.63, 3.8) is 0 Å². The molecule has 0 unspecified atom stereocenters. The third-order valence-electron chi connectivity index (χ3n) is 2.59. The minimum atomic E-state index is -1.00. The molecule has 0 aliphatic carbocycles. The standard InChI is InChI=1S/C12H24N2O3/c1-3-5-8-14(4-2)9-6-7-11(15)13-10-12(16)17/h3-10H2,1-2H3,(H,13,15)(H,16,17). The smallest absolute Gasteiger partial charge is 0.322 e. The number of rotatable bonds is 10. The molecule has 17 heavy (non-hydrogen) atoms. The number of hydrogen-bond acceptors (Lipinski definition) is 3. The van der Waals surface area contributed by atoms with E-state index in [0.717, 1.165) is 26.1 Å². The van der Waals surface area contributed by atoms with E-state index in [-0.39, 0.29) is 12.5 Å². The topological polar surface area (TPSA) is 69.6 Å². The zero-order valence-corrected chi connectivity index (χ0v) is 10.9. The van der Waals surface area contributed by atoms with E-state index in [2.05, 4.69) is 24.1 Å². The first-order valence-corrected chi connectivity index (χ1v) is 6.31. The predicted molar refractivity (Wildman–Crippen MR) is 66.9 cm³/mol. The monoisotopic (exact) mass is 244 g/mol. The third kappa shape index (κ3) is 9.81. The molecular weight excluding hydrogens is 220 g/mol. The number of carboxylic acids is 1. The Balaban J connectivity index is 3.58. The van der Waals surface area contributed by atoms with Gasteiger partial charge in [-0.1, -0.05) is 20.3 Å². The normalized spacial score (nSPS) is 10.5. The Kier molecular flexibility index (Phi) is 9.43. The molecule has 0 rings (SSSR count). The molecule has 0 saturated heterocycles. The maximum atomic E-state index is 11.2. The number of carbonyl (C=O) groups is 2. The number of unbranched alkanes of at least 4 members (excludes halogenated alkanes) is 1. The van der Waals surface area contributed by atoms with Gasteiger partial charge < -0.3 is 15.3 Å². The lowest BCUT2D eigenvalue weighted by Gasteiger charge is -2.19. The highest BCUT2D eigenvalue weighted by Crippen LogP contribution is 1.98. The van der Waals surface area contributed by atoms with Crippen LogP contribution in [0.4, 0.5) is 0 Å². The number of carbonyl (C=O) groups excluding carboxylic acids is 1. The zero-order chi connectivity index (χ0) is 13.1. The molecule has 0 aliphatic rings. The van der Waals surface area contributed by atoms with Gasteiger partial charge in [-0.25, -0.2) is 0 Å². The van der Waals surface area contributed by atoms with Crippen LogP contribution in [0.25, 0.3) is 0 Å². The summed E-state index contributed by atoms with van der Waals surface area (Å²) in [5, 5.41) is 10.7. The van der Waals surface area contributed by atoms with Crippen molar-refractivity contribution in [2.45, 2.75) is 39.5 Å². The summed E-state index contributed by atoms with van der Waals surface area (Å²) in [5.41, 5.74) is 0. The summed E-state index contributed by atoms with van der Waals surface area (Å²) in [5.74, 6) is -1.18. The minimum absolute atomic E-state index is 0.182. The fourth-order valence-corrected chi connectivity index (χ4v) is 1.54. The highest BCUT2D eigenvalue weighted by Gasteiger charge is 2.05. The zero-order valence-electron chi connectivity index (χ0n) is 10.9. The van der Waals surface area contributed by atoms with Crippen molar-refractivity contribution < 1.29 is 14.7 Å². The van der Waals surface area contributed by atoms with Gasteiger partial charge in [0.25, 0.3) is 0 Å². The molecule has 0 aromatic carbocycles. The van der Waals surface area contributed by atoms with Crippen LogP contribution in [0.2, 0.25) is 0 Å². The van der Waals surface area contributed by atoms with Gasteiger partial charge in [0.1, 0.15) is 6.54 Å². The Labute approximate surface area is 103 Å². The molecule has 0 aliphatic heterocycles. The van der Waals surface area contributed by atoms with Crippen LogP contribution in [0, 0.1) is 0 Å². The van der Waals surface area contributed by atoms with Crippen molar-refractivity contribution in [2.75, 3.05) is 26.2 Å². The summed E-state index contributed by atoms with van der Waals surface area (Å²) in [6.45, 7) is 6.96. The Morgan fingerprint density at radius 1 is 1.18 bits per heavy atom. The van der Waals surface area contributed by atoms with E-state index >= 15 is 0 Å². The van der Waals surface area contributed by atoms with E-state index in [9.17, 15) is 9.59 Å². The van der Waals surface area contributed by atoms with E-state index < -0.39 is 5.97 Å². The lowest BCUT2D eigenvalue weighted by Crippen LogP contribution is -2.31. The van der Waals surface area contributed by atoms with Crippen LogP contribution in [0.1, 0.15) is 39.5 Å². The number of aliphatic carboxylic acids is 1. The van der Waals surface area contributed by atoms with Gasteiger partial charge in [0, 0.05) is 6.42 Å². The van der Waals surface area contributed by atoms with Crippen molar-refractivity contribution in [3.8, 4) is 0 Å². The second-order valence-corrected chi connectivity index (χ2v) is 4.06. The van der Waals surface area contributed by atoms with E-state index in [1.807, 2.05) is 0 Å². The summed E-state index contributed by atoms with van der Waals surface area (Å²) in [6, 6.07) is 0. The van der Waals surface area contributed by atoms with Gasteiger partial charge in [-0.15, -0.1) is 0 Å². The van der Waals surface area contributed by atoms with Crippen LogP contribution in [0.15, 0.2) is 0 Å². The van der Waals surface area contributed by atoms with Gasteiger partial charge in [-0.3, -0.25) is 9.59 Å². The molecule has 0 aromatic rings. The van der Waals surface area contributed by atoms with Crippen molar-refractivity contribution in [2.24, 2.45) is 0 Å². The summed E-state index contributed by atoms with van der Waals surface area (Å²) in [4.78, 5) is 23.8. The first-order chi connectivity index (χ1) is 8.10. The molecule has 0 saturated carbocycles. The van der Waals surface area contributed by atoms with Crippen molar-refractivity contribution in [1.82, 2.24) is 10.2 Å². The van der Waals surface area contributed by atoms with Crippen molar-refractivity contribution >= 4 is 11.9 Å². The highest BCUT2D eigenvalue weighted by atomic mass is 16.4. The molecule has 0 radical (unpaired) electrons. The Hall–Kier alpha value is -1.10. The van der Waals surface area contributed by atoms with Crippen molar-refractivity contribution in [1.29, 1.82) is 0 Å². The Morgan fingerprint density at radius 3 is 2.35 bits per heavy atom. The van der Waals surface area contributed by atoms with Crippen molar-refractivity contribution in [3.05, 3.63) is 0 Å². The highest BCUT2D eigenvalue weighted by molar-refractivity contribution is 5.80. The van der Waals surface area contributed by atoms with Gasteiger partial charge in [-0.2, -0.15) is 0 Å². The molecule has 0 aromatic heterocycles. The van der Waals surface area contributed by atoms with Gasteiger partial charge in [0.05, 0.1) is 0 Å². The van der Waals surface area contributed by atoms with Crippen LogP contribution in [-0.4, -0.2) is 48.1 Å². The summed E-state index contributed by atoms with van der Waals surface area (Å²) in [7, 11) is 0. The summed E-state index contributed by atoms with van der Waals surface area (Å²) in [6.07, 6.45) is 3.54. The number of nitrogens with one attached hydrogen (secondary N) is 1. The summed E-state index contributed by atoms with van der Waals surface area (Å²) >= 11 is 0. The fraction of sp³-hybridized carbons (Fsp3) is 0.833. The SMILES string of the molecule is CCCCN(CC)CCCC(=O)NCC(=O)O. The molecule has 5 nitrogen and oxygen atoms in total. The average molecular weight is 244 g/mol. The molecule has 2 N–H and O–H groups in total. The number of amides is 1. The predicted octanol–water partition coefficient (Wildman–Crippen LogP) is 1.09. The Bertz CT molecular complexity index is 232. The van der Waals surface area contributed by atoms with Gasteiger partial charge in [0.15, 0.2) is 0 Å². The first kappa shape index (κ1) is 15.9. The maximum Gasteiger partial charge on any atom is 0.322 e.